The van der Waals surface area contributed by atoms with Gasteiger partial charge in [0.25, 0.3) is 5.91 Å². The standard InChI is InChI=1S/C18H17F3N2O3S/c19-18(20,21)11-22-17(24)13-5-8-14(9-6-13)27(25,26)23-16-10-7-12-3-1-2-4-15(12)16/h1-6,8-9,16,23H,7,10-11H2,(H,22,24). The first-order valence-corrected chi connectivity index (χ1v) is 9.69. The number of halogens is 3. The molecule has 0 aliphatic heterocycles. The molecule has 0 saturated heterocycles. The zero-order valence-corrected chi connectivity index (χ0v) is 14.9. The lowest BCUT2D eigenvalue weighted by Gasteiger charge is -2.15. The fourth-order valence-corrected chi connectivity index (χ4v) is 4.25. The molecule has 0 saturated carbocycles. The highest BCUT2D eigenvalue weighted by Crippen LogP contribution is 2.32. The molecule has 0 radical (unpaired) electrons. The number of hydrogen-bond acceptors (Lipinski definition) is 3. The van der Waals surface area contributed by atoms with Crippen molar-refractivity contribution in [1.29, 1.82) is 0 Å². The Balaban J connectivity index is 1.70. The number of fused-ring (bicyclic) bond motifs is 1. The van der Waals surface area contributed by atoms with Crippen LogP contribution in [0.25, 0.3) is 0 Å². The largest absolute Gasteiger partial charge is 0.405 e. The summed E-state index contributed by atoms with van der Waals surface area (Å²) in [7, 11) is -3.83. The van der Waals surface area contributed by atoms with Gasteiger partial charge in [-0.15, -0.1) is 0 Å². The van der Waals surface area contributed by atoms with E-state index in [-0.39, 0.29) is 16.5 Å². The van der Waals surface area contributed by atoms with Crippen LogP contribution in [0.5, 0.6) is 0 Å². The van der Waals surface area contributed by atoms with Crippen LogP contribution in [-0.2, 0) is 16.4 Å². The zero-order chi connectivity index (χ0) is 19.7. The van der Waals surface area contributed by atoms with Crippen molar-refractivity contribution in [2.24, 2.45) is 0 Å². The second-order valence-electron chi connectivity index (χ2n) is 6.23. The second kappa shape index (κ2) is 7.32. The Morgan fingerprint density at radius 2 is 1.74 bits per heavy atom. The number of sulfonamides is 1. The number of carbonyl (C=O) groups excluding carboxylic acids is 1. The SMILES string of the molecule is O=C(NCC(F)(F)F)c1ccc(S(=O)(=O)NC2CCc3ccccc32)cc1. The summed E-state index contributed by atoms with van der Waals surface area (Å²) in [5, 5.41) is 1.74. The van der Waals surface area contributed by atoms with E-state index in [0.29, 0.717) is 6.42 Å². The van der Waals surface area contributed by atoms with Crippen molar-refractivity contribution < 1.29 is 26.4 Å². The van der Waals surface area contributed by atoms with Crippen molar-refractivity contribution >= 4 is 15.9 Å². The molecule has 2 N–H and O–H groups in total. The van der Waals surface area contributed by atoms with Crippen LogP contribution < -0.4 is 10.0 Å². The van der Waals surface area contributed by atoms with Gasteiger partial charge in [-0.05, 0) is 48.2 Å². The lowest BCUT2D eigenvalue weighted by molar-refractivity contribution is -0.123. The highest BCUT2D eigenvalue weighted by molar-refractivity contribution is 7.89. The lowest BCUT2D eigenvalue weighted by Crippen LogP contribution is -2.33. The normalized spacial score (nSPS) is 16.8. The Kier molecular flexibility index (Phi) is 5.25. The molecular formula is C18H17F3N2O3S. The van der Waals surface area contributed by atoms with E-state index in [9.17, 15) is 26.4 Å². The quantitative estimate of drug-likeness (QED) is 0.813. The number of aryl methyl sites for hydroxylation is 1. The van der Waals surface area contributed by atoms with Crippen molar-refractivity contribution in [2.45, 2.75) is 30.0 Å². The third kappa shape index (κ3) is 4.67. The molecule has 1 aliphatic carbocycles. The van der Waals surface area contributed by atoms with Crippen LogP contribution in [0.4, 0.5) is 13.2 Å². The molecule has 0 bridgehead atoms. The van der Waals surface area contributed by atoms with Crippen molar-refractivity contribution in [3.05, 3.63) is 65.2 Å². The molecule has 0 spiro atoms. The Morgan fingerprint density at radius 1 is 1.07 bits per heavy atom. The maximum Gasteiger partial charge on any atom is 0.405 e. The van der Waals surface area contributed by atoms with Gasteiger partial charge in [0.2, 0.25) is 10.0 Å². The highest BCUT2D eigenvalue weighted by atomic mass is 32.2. The molecule has 2 aromatic carbocycles. The summed E-state index contributed by atoms with van der Waals surface area (Å²) in [5.74, 6) is -0.922. The maximum absolute atomic E-state index is 12.6. The third-order valence-electron chi connectivity index (χ3n) is 4.31. The Morgan fingerprint density at radius 3 is 2.41 bits per heavy atom. The van der Waals surface area contributed by atoms with Gasteiger partial charge in [0.05, 0.1) is 4.90 Å². The molecule has 0 aromatic heterocycles. The molecule has 9 heteroatoms. The second-order valence-corrected chi connectivity index (χ2v) is 7.95. The van der Waals surface area contributed by atoms with E-state index in [4.69, 9.17) is 0 Å². The average Bonchev–Trinajstić information content (AvgIpc) is 3.02. The van der Waals surface area contributed by atoms with E-state index in [1.807, 2.05) is 24.3 Å². The number of rotatable bonds is 5. The predicted molar refractivity (Wildman–Crippen MR) is 92.7 cm³/mol. The number of carbonyl (C=O) groups is 1. The molecule has 3 rings (SSSR count). The maximum atomic E-state index is 12.6. The van der Waals surface area contributed by atoms with Crippen LogP contribution in [-0.4, -0.2) is 27.0 Å². The van der Waals surface area contributed by atoms with Gasteiger partial charge >= 0.3 is 6.18 Å². The number of amides is 1. The van der Waals surface area contributed by atoms with Crippen molar-refractivity contribution in [3.63, 3.8) is 0 Å². The van der Waals surface area contributed by atoms with Gasteiger partial charge in [0.15, 0.2) is 0 Å². The van der Waals surface area contributed by atoms with Gasteiger partial charge in [-0.2, -0.15) is 13.2 Å². The van der Waals surface area contributed by atoms with Crippen molar-refractivity contribution in [3.8, 4) is 0 Å². The molecule has 1 unspecified atom stereocenters. The number of hydrogen-bond donors (Lipinski definition) is 2. The smallest absolute Gasteiger partial charge is 0.343 e. The minimum atomic E-state index is -4.51. The number of nitrogens with one attached hydrogen (secondary N) is 2. The van der Waals surface area contributed by atoms with Gasteiger partial charge in [-0.3, -0.25) is 4.79 Å². The fraction of sp³-hybridized carbons (Fsp3) is 0.278. The Hall–Kier alpha value is -2.39. The molecule has 1 atom stereocenters. The summed E-state index contributed by atoms with van der Waals surface area (Å²) in [6, 6.07) is 12.0. The fourth-order valence-electron chi connectivity index (χ4n) is 3.00. The summed E-state index contributed by atoms with van der Waals surface area (Å²) in [6.45, 7) is -1.45. The summed E-state index contributed by atoms with van der Waals surface area (Å²) in [6.07, 6.45) is -3.08. The molecule has 5 nitrogen and oxygen atoms in total. The predicted octanol–water partition coefficient (Wildman–Crippen LogP) is 2.94. The van der Waals surface area contributed by atoms with Gasteiger partial charge in [0, 0.05) is 11.6 Å². The molecule has 27 heavy (non-hydrogen) atoms. The van der Waals surface area contributed by atoms with Gasteiger partial charge < -0.3 is 5.32 Å². The van der Waals surface area contributed by atoms with E-state index in [1.54, 1.807) is 5.32 Å². The van der Waals surface area contributed by atoms with Crippen LogP contribution >= 0.6 is 0 Å². The Bertz CT molecular complexity index is 941. The van der Waals surface area contributed by atoms with E-state index >= 15 is 0 Å². The summed E-state index contributed by atoms with van der Waals surface area (Å²) >= 11 is 0. The molecule has 0 heterocycles. The van der Waals surface area contributed by atoms with E-state index in [0.717, 1.165) is 17.5 Å². The first-order chi connectivity index (χ1) is 12.7. The first kappa shape index (κ1) is 19.4. The molecular weight excluding hydrogens is 381 g/mol. The van der Waals surface area contributed by atoms with Crippen LogP contribution in [0.3, 0.4) is 0 Å². The summed E-state index contributed by atoms with van der Waals surface area (Å²) < 4.78 is 64.2. The summed E-state index contributed by atoms with van der Waals surface area (Å²) in [4.78, 5) is 11.6. The first-order valence-electron chi connectivity index (χ1n) is 8.21. The van der Waals surface area contributed by atoms with Crippen LogP contribution in [0, 0.1) is 0 Å². The van der Waals surface area contributed by atoms with Crippen LogP contribution in [0.15, 0.2) is 53.4 Å². The minimum Gasteiger partial charge on any atom is -0.343 e. The van der Waals surface area contributed by atoms with E-state index < -0.39 is 28.7 Å². The third-order valence-corrected chi connectivity index (χ3v) is 5.79. The molecule has 0 fully saturated rings. The van der Waals surface area contributed by atoms with Crippen LogP contribution in [0.1, 0.15) is 33.9 Å². The molecule has 2 aromatic rings. The summed E-state index contributed by atoms with van der Waals surface area (Å²) in [5.41, 5.74) is 1.98. The van der Waals surface area contributed by atoms with E-state index in [1.165, 1.54) is 24.3 Å². The minimum absolute atomic E-state index is 0.0515. The van der Waals surface area contributed by atoms with Gasteiger partial charge in [0.1, 0.15) is 6.54 Å². The topological polar surface area (TPSA) is 75.3 Å². The zero-order valence-electron chi connectivity index (χ0n) is 14.1. The van der Waals surface area contributed by atoms with Crippen LogP contribution in [0.2, 0.25) is 0 Å². The highest BCUT2D eigenvalue weighted by Gasteiger charge is 2.29. The molecule has 1 amide bonds. The molecule has 1 aliphatic rings. The van der Waals surface area contributed by atoms with Gasteiger partial charge in [-0.1, -0.05) is 24.3 Å². The van der Waals surface area contributed by atoms with Gasteiger partial charge in [-0.25, -0.2) is 13.1 Å². The monoisotopic (exact) mass is 398 g/mol. The van der Waals surface area contributed by atoms with Crippen molar-refractivity contribution in [1.82, 2.24) is 10.0 Å². The van der Waals surface area contributed by atoms with E-state index in [2.05, 4.69) is 4.72 Å². The number of alkyl halides is 3. The number of benzene rings is 2. The van der Waals surface area contributed by atoms with Crippen molar-refractivity contribution in [2.75, 3.05) is 6.54 Å². The molecule has 144 valence electrons. The average molecular weight is 398 g/mol. The lowest BCUT2D eigenvalue weighted by atomic mass is 10.1. The Labute approximate surface area is 154 Å².